The van der Waals surface area contributed by atoms with Gasteiger partial charge in [0.05, 0.1) is 6.61 Å². The average molecular weight is 336 g/mol. The minimum Gasteiger partial charge on any atom is -0.508 e. The Morgan fingerprint density at radius 2 is 1.90 bits per heavy atom. The Labute approximate surface area is 127 Å². The van der Waals surface area contributed by atoms with Crippen LogP contribution in [0.4, 0.5) is 5.69 Å². The Morgan fingerprint density at radius 1 is 1.15 bits per heavy atom. The molecule has 0 radical (unpaired) electrons. The van der Waals surface area contributed by atoms with Gasteiger partial charge in [0.25, 0.3) is 0 Å². The molecule has 0 spiro atoms. The van der Waals surface area contributed by atoms with Crippen LogP contribution in [0, 0.1) is 0 Å². The van der Waals surface area contributed by atoms with Crippen LogP contribution < -0.4 is 10.1 Å². The van der Waals surface area contributed by atoms with E-state index in [-0.39, 0.29) is 5.75 Å². The minimum atomic E-state index is 0.268. The molecule has 3 nitrogen and oxygen atoms in total. The smallest absolute Gasteiger partial charge is 0.124 e. The van der Waals surface area contributed by atoms with Gasteiger partial charge in [0, 0.05) is 22.3 Å². The molecule has 0 aliphatic heterocycles. The van der Waals surface area contributed by atoms with E-state index < -0.39 is 0 Å². The van der Waals surface area contributed by atoms with Crippen molar-refractivity contribution in [3.63, 3.8) is 0 Å². The highest BCUT2D eigenvalue weighted by Gasteiger charge is 2.05. The zero-order valence-corrected chi connectivity index (χ0v) is 13.0. The van der Waals surface area contributed by atoms with E-state index >= 15 is 0 Å². The van der Waals surface area contributed by atoms with Crippen molar-refractivity contribution in [1.82, 2.24) is 0 Å². The second-order valence-electron chi connectivity index (χ2n) is 4.50. The highest BCUT2D eigenvalue weighted by molar-refractivity contribution is 9.10. The van der Waals surface area contributed by atoms with Gasteiger partial charge < -0.3 is 15.2 Å². The van der Waals surface area contributed by atoms with Crippen molar-refractivity contribution in [3.05, 3.63) is 52.5 Å². The van der Waals surface area contributed by atoms with Crippen LogP contribution in [-0.4, -0.2) is 11.7 Å². The van der Waals surface area contributed by atoms with E-state index in [2.05, 4.69) is 34.2 Å². The first-order valence-corrected chi connectivity index (χ1v) is 7.42. The highest BCUT2D eigenvalue weighted by Crippen LogP contribution is 2.25. The maximum absolute atomic E-state index is 9.27. The van der Waals surface area contributed by atoms with Gasteiger partial charge in [-0.3, -0.25) is 0 Å². The van der Waals surface area contributed by atoms with Crippen molar-refractivity contribution in [1.29, 1.82) is 0 Å². The summed E-state index contributed by atoms with van der Waals surface area (Å²) < 4.78 is 6.78. The molecule has 0 bridgehead atoms. The van der Waals surface area contributed by atoms with E-state index in [1.807, 2.05) is 24.3 Å². The van der Waals surface area contributed by atoms with E-state index in [0.29, 0.717) is 13.2 Å². The van der Waals surface area contributed by atoms with E-state index in [1.54, 1.807) is 12.1 Å². The second kappa shape index (κ2) is 7.20. The zero-order valence-electron chi connectivity index (χ0n) is 11.4. The Kier molecular flexibility index (Phi) is 5.30. The molecule has 20 heavy (non-hydrogen) atoms. The van der Waals surface area contributed by atoms with Gasteiger partial charge in [-0.1, -0.05) is 22.9 Å². The number of halogens is 1. The lowest BCUT2D eigenvalue weighted by Gasteiger charge is -2.13. The van der Waals surface area contributed by atoms with E-state index in [9.17, 15) is 5.11 Å². The second-order valence-corrected chi connectivity index (χ2v) is 5.42. The number of ether oxygens (including phenoxy) is 1. The molecule has 0 aliphatic carbocycles. The van der Waals surface area contributed by atoms with Gasteiger partial charge >= 0.3 is 0 Å². The van der Waals surface area contributed by atoms with Crippen LogP contribution in [0.2, 0.25) is 0 Å². The molecule has 0 saturated carbocycles. The minimum absolute atomic E-state index is 0.268. The Hall–Kier alpha value is -1.68. The van der Waals surface area contributed by atoms with Crippen LogP contribution in [0.25, 0.3) is 0 Å². The number of hydrogen-bond acceptors (Lipinski definition) is 3. The van der Waals surface area contributed by atoms with Crippen LogP contribution in [0.3, 0.4) is 0 Å². The summed E-state index contributed by atoms with van der Waals surface area (Å²) in [5.41, 5.74) is 2.06. The van der Waals surface area contributed by atoms with Crippen molar-refractivity contribution < 1.29 is 9.84 Å². The third kappa shape index (κ3) is 4.17. The predicted molar refractivity (Wildman–Crippen MR) is 85.4 cm³/mol. The van der Waals surface area contributed by atoms with Crippen molar-refractivity contribution in [2.75, 3.05) is 11.9 Å². The summed E-state index contributed by atoms with van der Waals surface area (Å²) in [7, 11) is 0. The molecule has 0 unspecified atom stereocenters. The molecule has 0 fully saturated rings. The van der Waals surface area contributed by atoms with E-state index in [4.69, 9.17) is 4.74 Å². The van der Waals surface area contributed by atoms with Crippen molar-refractivity contribution in [2.24, 2.45) is 0 Å². The average Bonchev–Trinajstić information content (AvgIpc) is 2.46. The number of hydrogen-bond donors (Lipinski definition) is 2. The van der Waals surface area contributed by atoms with Gasteiger partial charge in [0.1, 0.15) is 11.5 Å². The molecule has 0 aliphatic rings. The Morgan fingerprint density at radius 3 is 2.60 bits per heavy atom. The molecule has 4 heteroatoms. The van der Waals surface area contributed by atoms with Gasteiger partial charge in [0.2, 0.25) is 0 Å². The van der Waals surface area contributed by atoms with Crippen LogP contribution >= 0.6 is 15.9 Å². The maximum atomic E-state index is 9.27. The number of benzene rings is 2. The molecule has 106 valence electrons. The summed E-state index contributed by atoms with van der Waals surface area (Å²) in [6, 6.07) is 13.0. The third-order valence-electron chi connectivity index (χ3n) is 2.83. The molecule has 0 atom stereocenters. The molecule has 2 N–H and O–H groups in total. The fraction of sp³-hybridized carbons (Fsp3) is 0.250. The number of aromatic hydroxyl groups is 1. The largest absolute Gasteiger partial charge is 0.508 e. The van der Waals surface area contributed by atoms with Gasteiger partial charge in [-0.05, 0) is 48.9 Å². The summed E-state index contributed by atoms with van der Waals surface area (Å²) in [4.78, 5) is 0. The van der Waals surface area contributed by atoms with Gasteiger partial charge in [-0.15, -0.1) is 0 Å². The summed E-state index contributed by atoms with van der Waals surface area (Å²) in [5.74, 6) is 1.17. The van der Waals surface area contributed by atoms with Crippen molar-refractivity contribution in [3.8, 4) is 11.5 Å². The van der Waals surface area contributed by atoms with E-state index in [1.165, 1.54) is 0 Å². The highest BCUT2D eigenvalue weighted by atomic mass is 79.9. The molecule has 0 amide bonds. The number of rotatable bonds is 6. The maximum Gasteiger partial charge on any atom is 0.124 e. The summed E-state index contributed by atoms with van der Waals surface area (Å²) in [6.45, 7) is 3.48. The van der Waals surface area contributed by atoms with Crippen molar-refractivity contribution in [2.45, 2.75) is 19.9 Å². The first-order chi connectivity index (χ1) is 9.69. The Bertz CT molecular complexity index is 555. The van der Waals surface area contributed by atoms with Gasteiger partial charge in [-0.2, -0.15) is 0 Å². The monoisotopic (exact) mass is 335 g/mol. The molecular weight excluding hydrogens is 318 g/mol. The SMILES string of the molecule is CCCOc1ccc(Br)cc1CNc1ccc(O)cc1. The number of phenols is 1. The lowest BCUT2D eigenvalue weighted by molar-refractivity contribution is 0.314. The standard InChI is InChI=1S/C16H18BrNO2/c1-2-9-20-16-8-3-13(17)10-12(16)11-18-14-4-6-15(19)7-5-14/h3-8,10,18-19H,2,9,11H2,1H3. The Balaban J connectivity index is 2.07. The molecular formula is C16H18BrNO2. The first-order valence-electron chi connectivity index (χ1n) is 6.63. The summed E-state index contributed by atoms with van der Waals surface area (Å²) >= 11 is 3.48. The molecule has 2 aromatic carbocycles. The zero-order chi connectivity index (χ0) is 14.4. The third-order valence-corrected chi connectivity index (χ3v) is 3.33. The topological polar surface area (TPSA) is 41.5 Å². The van der Waals surface area contributed by atoms with Gasteiger partial charge in [0.15, 0.2) is 0 Å². The molecule has 0 heterocycles. The normalized spacial score (nSPS) is 10.3. The fourth-order valence-corrected chi connectivity index (χ4v) is 2.22. The lowest BCUT2D eigenvalue weighted by Crippen LogP contribution is -2.04. The summed E-state index contributed by atoms with van der Waals surface area (Å²) in [6.07, 6.45) is 0.987. The van der Waals surface area contributed by atoms with Crippen molar-refractivity contribution >= 4 is 21.6 Å². The van der Waals surface area contributed by atoms with Crippen LogP contribution in [0.5, 0.6) is 11.5 Å². The number of anilines is 1. The van der Waals surface area contributed by atoms with E-state index in [0.717, 1.165) is 27.9 Å². The lowest BCUT2D eigenvalue weighted by atomic mass is 10.2. The summed E-state index contributed by atoms with van der Waals surface area (Å²) in [5, 5.41) is 12.6. The van der Waals surface area contributed by atoms with Crippen LogP contribution in [0.1, 0.15) is 18.9 Å². The number of phenolic OH excluding ortho intramolecular Hbond substituents is 1. The molecule has 2 aromatic rings. The molecule has 0 saturated heterocycles. The predicted octanol–water partition coefficient (Wildman–Crippen LogP) is 4.56. The first kappa shape index (κ1) is 14.7. The molecule has 2 rings (SSSR count). The quantitative estimate of drug-likeness (QED) is 0.760. The van der Waals surface area contributed by atoms with Crippen LogP contribution in [-0.2, 0) is 6.54 Å². The number of nitrogens with one attached hydrogen (secondary N) is 1. The van der Waals surface area contributed by atoms with Crippen LogP contribution in [0.15, 0.2) is 46.9 Å². The van der Waals surface area contributed by atoms with Gasteiger partial charge in [-0.25, -0.2) is 0 Å². The fourth-order valence-electron chi connectivity index (χ4n) is 1.82. The molecule has 0 aromatic heterocycles.